The monoisotopic (exact) mass is 454 g/mol. The van der Waals surface area contributed by atoms with E-state index in [0.717, 1.165) is 22.6 Å². The fraction of sp³-hybridized carbons (Fsp3) is 0.480. The van der Waals surface area contributed by atoms with Crippen LogP contribution in [0.5, 0.6) is 0 Å². The third-order valence-corrected chi connectivity index (χ3v) is 10.5. The molecule has 0 N–H and O–H groups in total. The van der Waals surface area contributed by atoms with Crippen LogP contribution >= 0.6 is 0 Å². The summed E-state index contributed by atoms with van der Waals surface area (Å²) in [5.74, 6) is 0. The number of fused-ring (bicyclic) bond motifs is 3. The van der Waals surface area contributed by atoms with Gasteiger partial charge in [0, 0.05) is 23.4 Å². The van der Waals surface area contributed by atoms with Gasteiger partial charge in [0.25, 0.3) is 0 Å². The van der Waals surface area contributed by atoms with E-state index in [4.69, 9.17) is 9.16 Å². The first-order chi connectivity index (χ1) is 14.8. The zero-order chi connectivity index (χ0) is 23.9. The van der Waals surface area contributed by atoms with E-state index < -0.39 is 26.1 Å². The summed E-state index contributed by atoms with van der Waals surface area (Å²) in [5, 5.41) is 1.76. The summed E-state index contributed by atoms with van der Waals surface area (Å²) < 4.78 is 14.0. The zero-order valence-electron chi connectivity index (χ0n) is 20.4. The number of aromatic nitrogens is 2. The molecule has 0 saturated carbocycles. The van der Waals surface area contributed by atoms with Crippen molar-refractivity contribution in [3.8, 4) is 0 Å². The molecule has 6 nitrogen and oxygen atoms in total. The standard InChI is InChI=1S/C25H34N2O4Si/c1-24(2,3)30-23(29)27-19-12-10-9-11-17(19)18-13-15-26-21(22(18)27)20(14-16-28)31-32(7,8)25(4,5)6/h9-13,15-16,20H,14H2,1-8H3. The van der Waals surface area contributed by atoms with Gasteiger partial charge in [-0.05, 0) is 51.0 Å². The molecule has 3 aromatic rings. The first kappa shape index (κ1) is 24.1. The molecule has 1 aromatic carbocycles. The van der Waals surface area contributed by atoms with Crippen LogP contribution in [0.1, 0.15) is 59.8 Å². The Balaban J connectivity index is 2.29. The Hall–Kier alpha value is -2.51. The van der Waals surface area contributed by atoms with E-state index in [0.29, 0.717) is 11.2 Å². The molecule has 0 fully saturated rings. The lowest BCUT2D eigenvalue weighted by Gasteiger charge is -2.39. The molecule has 7 heteroatoms. The normalized spacial score (nSPS) is 14.0. The average Bonchev–Trinajstić information content (AvgIpc) is 3.00. The number of aldehydes is 1. The topological polar surface area (TPSA) is 70.4 Å². The molecule has 1 atom stereocenters. The third-order valence-electron chi connectivity index (χ3n) is 6.05. The quantitative estimate of drug-likeness (QED) is 0.320. The maximum absolute atomic E-state index is 13.3. The van der Waals surface area contributed by atoms with Gasteiger partial charge < -0.3 is 14.0 Å². The van der Waals surface area contributed by atoms with Crippen LogP contribution in [0.2, 0.25) is 18.1 Å². The lowest BCUT2D eigenvalue weighted by atomic mass is 10.1. The van der Waals surface area contributed by atoms with Crippen LogP contribution in [0, 0.1) is 0 Å². The van der Waals surface area contributed by atoms with Crippen molar-refractivity contribution in [3.05, 3.63) is 42.2 Å². The van der Waals surface area contributed by atoms with Crippen LogP contribution in [0.15, 0.2) is 36.5 Å². The molecule has 0 spiro atoms. The van der Waals surface area contributed by atoms with Crippen molar-refractivity contribution < 1.29 is 18.8 Å². The first-order valence-electron chi connectivity index (χ1n) is 11.0. The summed E-state index contributed by atoms with van der Waals surface area (Å²) in [6, 6.07) is 9.60. The van der Waals surface area contributed by atoms with E-state index in [1.165, 1.54) is 0 Å². The van der Waals surface area contributed by atoms with Crippen molar-refractivity contribution in [2.75, 3.05) is 0 Å². The number of carbonyl (C=O) groups excluding carboxylic acids is 2. The summed E-state index contributed by atoms with van der Waals surface area (Å²) in [5.41, 5.74) is 1.30. The number of carbonyl (C=O) groups is 2. The maximum atomic E-state index is 13.3. The molecule has 172 valence electrons. The summed E-state index contributed by atoms with van der Waals surface area (Å²) >= 11 is 0. The second-order valence-electron chi connectivity index (χ2n) is 10.7. The minimum absolute atomic E-state index is 0.0418. The Morgan fingerprint density at radius 3 is 2.34 bits per heavy atom. The highest BCUT2D eigenvalue weighted by atomic mass is 28.4. The molecule has 0 aliphatic rings. The fourth-order valence-electron chi connectivity index (χ4n) is 3.51. The van der Waals surface area contributed by atoms with E-state index in [2.05, 4.69) is 38.8 Å². The molecule has 0 saturated heterocycles. The fourth-order valence-corrected chi connectivity index (χ4v) is 4.78. The van der Waals surface area contributed by atoms with Gasteiger partial charge in [-0.2, -0.15) is 0 Å². The molecule has 1 unspecified atom stereocenters. The van der Waals surface area contributed by atoms with Gasteiger partial charge in [0.05, 0.1) is 22.8 Å². The summed E-state index contributed by atoms with van der Waals surface area (Å²) in [4.78, 5) is 29.6. The number of hydrogen-bond acceptors (Lipinski definition) is 5. The average molecular weight is 455 g/mol. The molecule has 0 bridgehead atoms. The van der Waals surface area contributed by atoms with Crippen LogP contribution < -0.4 is 0 Å². The van der Waals surface area contributed by atoms with Gasteiger partial charge in [-0.1, -0.05) is 39.0 Å². The van der Waals surface area contributed by atoms with E-state index in [1.807, 2.05) is 51.1 Å². The van der Waals surface area contributed by atoms with Crippen molar-refractivity contribution in [1.29, 1.82) is 0 Å². The van der Waals surface area contributed by atoms with Crippen LogP contribution in [-0.2, 0) is 14.0 Å². The number of hydrogen-bond donors (Lipinski definition) is 0. The molecular weight excluding hydrogens is 420 g/mol. The van der Waals surface area contributed by atoms with E-state index >= 15 is 0 Å². The Labute approximate surface area is 191 Å². The molecular formula is C25H34N2O4Si. The van der Waals surface area contributed by atoms with E-state index in [-0.39, 0.29) is 11.5 Å². The Morgan fingerprint density at radius 1 is 1.09 bits per heavy atom. The van der Waals surface area contributed by atoms with Crippen molar-refractivity contribution in [3.63, 3.8) is 0 Å². The highest BCUT2D eigenvalue weighted by Gasteiger charge is 2.40. The van der Waals surface area contributed by atoms with Gasteiger partial charge >= 0.3 is 6.09 Å². The first-order valence-corrected chi connectivity index (χ1v) is 13.9. The Kier molecular flexibility index (Phi) is 6.37. The molecule has 0 amide bonds. The Bertz CT molecular complexity index is 1150. The molecule has 32 heavy (non-hydrogen) atoms. The number of benzene rings is 1. The molecule has 0 radical (unpaired) electrons. The van der Waals surface area contributed by atoms with Gasteiger partial charge in [-0.15, -0.1) is 0 Å². The second-order valence-corrected chi connectivity index (χ2v) is 15.5. The second kappa shape index (κ2) is 8.44. The van der Waals surface area contributed by atoms with Crippen molar-refractivity contribution in [2.45, 2.75) is 77.8 Å². The van der Waals surface area contributed by atoms with Gasteiger partial charge in [-0.3, -0.25) is 4.98 Å². The lowest BCUT2D eigenvalue weighted by Crippen LogP contribution is -2.42. The van der Waals surface area contributed by atoms with Gasteiger partial charge in [0.2, 0.25) is 0 Å². The molecule has 2 heterocycles. The zero-order valence-corrected chi connectivity index (χ0v) is 21.4. The summed E-state index contributed by atoms with van der Waals surface area (Å²) in [6.45, 7) is 16.3. The smallest absolute Gasteiger partial charge is 0.419 e. The predicted octanol–water partition coefficient (Wildman–Crippen LogP) is 6.62. The molecule has 2 aromatic heterocycles. The summed E-state index contributed by atoms with van der Waals surface area (Å²) in [6.07, 6.45) is 1.71. The highest BCUT2D eigenvalue weighted by Crippen LogP contribution is 2.42. The lowest BCUT2D eigenvalue weighted by molar-refractivity contribution is -0.109. The van der Waals surface area contributed by atoms with E-state index in [1.54, 1.807) is 10.8 Å². The van der Waals surface area contributed by atoms with Crippen molar-refractivity contribution >= 4 is 42.5 Å². The van der Waals surface area contributed by atoms with Crippen molar-refractivity contribution in [2.24, 2.45) is 0 Å². The molecule has 0 aliphatic carbocycles. The van der Waals surface area contributed by atoms with Crippen molar-refractivity contribution in [1.82, 2.24) is 9.55 Å². The highest BCUT2D eigenvalue weighted by molar-refractivity contribution is 6.74. The number of rotatable bonds is 5. The summed E-state index contributed by atoms with van der Waals surface area (Å²) in [7, 11) is -2.22. The SMILES string of the molecule is CC(C)(C)OC(=O)n1c2ccccc2c2ccnc(C(CC=O)O[Si](C)(C)C(C)(C)C)c21. The maximum Gasteiger partial charge on any atom is 0.419 e. The van der Waals surface area contributed by atoms with Crippen LogP contribution in [0.3, 0.4) is 0 Å². The number of pyridine rings is 1. The largest absolute Gasteiger partial charge is 0.443 e. The van der Waals surface area contributed by atoms with Gasteiger partial charge in [0.1, 0.15) is 11.9 Å². The number of ether oxygens (including phenoxy) is 1. The molecule has 3 rings (SSSR count). The van der Waals surface area contributed by atoms with Gasteiger partial charge in [-0.25, -0.2) is 9.36 Å². The van der Waals surface area contributed by atoms with Crippen LogP contribution in [-0.4, -0.2) is 35.8 Å². The van der Waals surface area contributed by atoms with Gasteiger partial charge in [0.15, 0.2) is 8.32 Å². The van der Waals surface area contributed by atoms with Crippen LogP contribution in [0.25, 0.3) is 21.8 Å². The van der Waals surface area contributed by atoms with Crippen LogP contribution in [0.4, 0.5) is 4.79 Å². The minimum Gasteiger partial charge on any atom is -0.443 e. The van der Waals surface area contributed by atoms with E-state index in [9.17, 15) is 9.59 Å². The molecule has 0 aliphatic heterocycles. The minimum atomic E-state index is -2.22. The number of para-hydroxylation sites is 1. The third kappa shape index (κ3) is 4.64. The predicted molar refractivity (Wildman–Crippen MR) is 131 cm³/mol. The number of nitrogens with zero attached hydrogens (tertiary/aromatic N) is 2. The Morgan fingerprint density at radius 2 is 1.75 bits per heavy atom.